The van der Waals surface area contributed by atoms with E-state index in [0.29, 0.717) is 29.6 Å². The summed E-state index contributed by atoms with van der Waals surface area (Å²) < 4.78 is 0. The lowest BCUT2D eigenvalue weighted by Gasteiger charge is -2.58. The summed E-state index contributed by atoms with van der Waals surface area (Å²) in [7, 11) is 0. The number of hydrogen-bond donors (Lipinski definition) is 1. The van der Waals surface area contributed by atoms with Crippen LogP contribution in [0.2, 0.25) is 0 Å². The average molecular weight is 358 g/mol. The van der Waals surface area contributed by atoms with Crippen LogP contribution in [0.25, 0.3) is 0 Å². The van der Waals surface area contributed by atoms with Gasteiger partial charge in [-0.1, -0.05) is 33.8 Å². The van der Waals surface area contributed by atoms with E-state index in [-0.39, 0.29) is 28.6 Å². The van der Waals surface area contributed by atoms with Crippen molar-refractivity contribution in [1.82, 2.24) is 5.32 Å². The van der Waals surface area contributed by atoms with Gasteiger partial charge in [0.25, 0.3) is 0 Å². The Hall–Kier alpha value is -1.12. The molecule has 4 rings (SSSR count). The van der Waals surface area contributed by atoms with Crippen molar-refractivity contribution in [3.05, 3.63) is 12.2 Å². The largest absolute Gasteiger partial charge is 0.349 e. The Bertz CT molecular complexity index is 640. The minimum Gasteiger partial charge on any atom is -0.349 e. The highest BCUT2D eigenvalue weighted by Crippen LogP contribution is 2.65. The maximum atomic E-state index is 13.1. The number of carbonyl (C=O) groups is 2. The van der Waals surface area contributed by atoms with Crippen molar-refractivity contribution in [2.24, 2.45) is 40.4 Å². The molecule has 0 bridgehead atoms. The SMILES string of the molecule is CCC(C)C(=O)[C@H]1CC[C@H]2[C@@H]3CCC4NC(=O)C=C[C@]4(C)[C@H]3CC[C@]12C. The minimum absolute atomic E-state index is 0.0756. The molecule has 3 saturated carbocycles. The Balaban J connectivity index is 1.61. The lowest BCUT2D eigenvalue weighted by Crippen LogP contribution is -2.59. The molecule has 1 aliphatic heterocycles. The fourth-order valence-electron chi connectivity index (χ4n) is 7.35. The van der Waals surface area contributed by atoms with Gasteiger partial charge < -0.3 is 5.32 Å². The number of Topliss-reactive ketones (excluding diaryl/α,β-unsaturated/α-hetero) is 1. The van der Waals surface area contributed by atoms with E-state index in [0.717, 1.165) is 19.3 Å². The Morgan fingerprint density at radius 2 is 1.96 bits per heavy atom. The molecule has 1 amide bonds. The molecule has 3 heteroatoms. The molecule has 3 fully saturated rings. The minimum atomic E-state index is 0.0756. The monoisotopic (exact) mass is 357 g/mol. The summed E-state index contributed by atoms with van der Waals surface area (Å²) in [5.41, 5.74) is 0.295. The van der Waals surface area contributed by atoms with E-state index < -0.39 is 0 Å². The quantitative estimate of drug-likeness (QED) is 0.807. The van der Waals surface area contributed by atoms with Crippen molar-refractivity contribution >= 4 is 11.7 Å². The normalized spacial score (nSPS) is 48.2. The Morgan fingerprint density at radius 3 is 2.69 bits per heavy atom. The van der Waals surface area contributed by atoms with E-state index in [9.17, 15) is 9.59 Å². The van der Waals surface area contributed by atoms with Gasteiger partial charge in [0.05, 0.1) is 0 Å². The molecule has 0 aromatic rings. The number of rotatable bonds is 3. The van der Waals surface area contributed by atoms with E-state index in [2.05, 4.69) is 39.1 Å². The zero-order chi connectivity index (χ0) is 18.7. The summed E-state index contributed by atoms with van der Waals surface area (Å²) in [5.74, 6) is 3.13. The van der Waals surface area contributed by atoms with Gasteiger partial charge in [-0.25, -0.2) is 0 Å². The number of nitrogens with one attached hydrogen (secondary N) is 1. The molecule has 4 aliphatic rings. The summed E-state index contributed by atoms with van der Waals surface area (Å²) in [4.78, 5) is 24.9. The number of fused-ring (bicyclic) bond motifs is 5. The molecule has 3 aliphatic carbocycles. The highest BCUT2D eigenvalue weighted by atomic mass is 16.1. The van der Waals surface area contributed by atoms with Gasteiger partial charge in [0.1, 0.15) is 5.78 Å². The average Bonchev–Trinajstić information content (AvgIpc) is 2.98. The van der Waals surface area contributed by atoms with Gasteiger partial charge in [-0.15, -0.1) is 0 Å². The first-order valence-corrected chi connectivity index (χ1v) is 10.8. The smallest absolute Gasteiger partial charge is 0.243 e. The van der Waals surface area contributed by atoms with Gasteiger partial charge in [-0.3, -0.25) is 9.59 Å². The molecule has 26 heavy (non-hydrogen) atoms. The van der Waals surface area contributed by atoms with Gasteiger partial charge in [-0.05, 0) is 74.2 Å². The maximum absolute atomic E-state index is 13.1. The van der Waals surface area contributed by atoms with Crippen molar-refractivity contribution in [3.63, 3.8) is 0 Å². The first-order valence-electron chi connectivity index (χ1n) is 10.8. The van der Waals surface area contributed by atoms with Crippen LogP contribution in [-0.4, -0.2) is 17.7 Å². The summed E-state index contributed by atoms with van der Waals surface area (Å²) in [6.07, 6.45) is 11.9. The lowest BCUT2D eigenvalue weighted by atomic mass is 9.47. The van der Waals surface area contributed by atoms with Crippen LogP contribution in [0.5, 0.6) is 0 Å². The highest BCUT2D eigenvalue weighted by Gasteiger charge is 2.60. The summed E-state index contributed by atoms with van der Waals surface area (Å²) in [5, 5.41) is 3.23. The predicted molar refractivity (Wildman–Crippen MR) is 103 cm³/mol. The zero-order valence-electron chi connectivity index (χ0n) is 16.9. The van der Waals surface area contributed by atoms with E-state index in [4.69, 9.17) is 0 Å². The van der Waals surface area contributed by atoms with Crippen LogP contribution in [0.3, 0.4) is 0 Å². The van der Waals surface area contributed by atoms with Crippen LogP contribution in [-0.2, 0) is 9.59 Å². The van der Waals surface area contributed by atoms with E-state index in [1.807, 2.05) is 0 Å². The van der Waals surface area contributed by atoms with E-state index >= 15 is 0 Å². The third kappa shape index (κ3) is 2.45. The second kappa shape index (κ2) is 6.21. The second-order valence-electron chi connectivity index (χ2n) is 10.1. The van der Waals surface area contributed by atoms with Crippen molar-refractivity contribution in [2.75, 3.05) is 0 Å². The van der Waals surface area contributed by atoms with Gasteiger partial charge in [0, 0.05) is 23.3 Å². The van der Waals surface area contributed by atoms with Gasteiger partial charge >= 0.3 is 0 Å². The first kappa shape index (κ1) is 18.3. The number of carbonyl (C=O) groups excluding carboxylic acids is 2. The van der Waals surface area contributed by atoms with Crippen molar-refractivity contribution in [1.29, 1.82) is 0 Å². The molecule has 2 unspecified atom stereocenters. The van der Waals surface area contributed by atoms with Crippen molar-refractivity contribution in [2.45, 2.75) is 78.7 Å². The van der Waals surface area contributed by atoms with Gasteiger partial charge in [-0.2, -0.15) is 0 Å². The Kier molecular flexibility index (Phi) is 4.36. The molecule has 0 spiro atoms. The van der Waals surface area contributed by atoms with Crippen LogP contribution < -0.4 is 5.32 Å². The maximum Gasteiger partial charge on any atom is 0.243 e. The number of amides is 1. The molecule has 8 atom stereocenters. The lowest BCUT2D eigenvalue weighted by molar-refractivity contribution is -0.135. The van der Waals surface area contributed by atoms with Crippen LogP contribution >= 0.6 is 0 Å². The Morgan fingerprint density at radius 1 is 1.19 bits per heavy atom. The van der Waals surface area contributed by atoms with E-state index in [1.165, 1.54) is 25.7 Å². The van der Waals surface area contributed by atoms with Crippen LogP contribution in [0.15, 0.2) is 12.2 Å². The molecule has 1 heterocycles. The highest BCUT2D eigenvalue weighted by molar-refractivity contribution is 5.89. The van der Waals surface area contributed by atoms with Crippen LogP contribution in [0, 0.1) is 40.4 Å². The fraction of sp³-hybridized carbons (Fsp3) is 0.826. The molecule has 1 N–H and O–H groups in total. The number of ketones is 1. The molecule has 3 nitrogen and oxygen atoms in total. The predicted octanol–water partition coefficient (Wildman–Crippen LogP) is 4.52. The summed E-state index contributed by atoms with van der Waals surface area (Å²) >= 11 is 0. The molecule has 144 valence electrons. The molecule has 0 aromatic carbocycles. The van der Waals surface area contributed by atoms with Gasteiger partial charge in [0.2, 0.25) is 5.91 Å². The summed E-state index contributed by atoms with van der Waals surface area (Å²) in [6, 6.07) is 0.296. The second-order valence-corrected chi connectivity index (χ2v) is 10.1. The third-order valence-corrected chi connectivity index (χ3v) is 9.13. The molecule has 0 radical (unpaired) electrons. The molecular weight excluding hydrogens is 322 g/mol. The zero-order valence-corrected chi connectivity index (χ0v) is 16.9. The van der Waals surface area contributed by atoms with Gasteiger partial charge in [0.15, 0.2) is 0 Å². The molecular formula is C23H35NO2. The standard InChI is InChI=1S/C23H35NO2/c1-5-14(2)21(26)18-8-7-16-15-6-9-19-23(4,13-11-20(25)24-19)17(15)10-12-22(16,18)3/h11,13-19H,5-10,12H2,1-4H3,(H,24,25)/t14?,15-,16-,17-,18+,19?,22-,23+/m0/s1. The third-order valence-electron chi connectivity index (χ3n) is 9.13. The van der Waals surface area contributed by atoms with E-state index in [1.54, 1.807) is 6.08 Å². The number of hydrogen-bond acceptors (Lipinski definition) is 2. The Labute approximate surface area is 158 Å². The van der Waals surface area contributed by atoms with Crippen LogP contribution in [0.1, 0.15) is 72.6 Å². The molecule has 0 aromatic heterocycles. The molecule has 0 saturated heterocycles. The van der Waals surface area contributed by atoms with Crippen molar-refractivity contribution in [3.8, 4) is 0 Å². The first-order chi connectivity index (χ1) is 12.3. The fourth-order valence-corrected chi connectivity index (χ4v) is 7.35. The topological polar surface area (TPSA) is 46.2 Å². The van der Waals surface area contributed by atoms with Crippen LogP contribution in [0.4, 0.5) is 0 Å². The summed E-state index contributed by atoms with van der Waals surface area (Å²) in [6.45, 7) is 9.05. The van der Waals surface area contributed by atoms with Crippen molar-refractivity contribution < 1.29 is 9.59 Å².